The van der Waals surface area contributed by atoms with Gasteiger partial charge in [-0.1, -0.05) is 0 Å². The zero-order valence-corrected chi connectivity index (χ0v) is 14.7. The summed E-state index contributed by atoms with van der Waals surface area (Å²) in [7, 11) is 0. The highest BCUT2D eigenvalue weighted by atomic mass is 19.1. The number of fused-ring (bicyclic) bond motifs is 1. The van der Waals surface area contributed by atoms with Crippen LogP contribution < -0.4 is 4.74 Å². The van der Waals surface area contributed by atoms with Gasteiger partial charge in [-0.25, -0.2) is 9.18 Å². The normalized spacial score (nSPS) is 10.9. The summed E-state index contributed by atoms with van der Waals surface area (Å²) in [6.45, 7) is 4.70. The van der Waals surface area contributed by atoms with Crippen LogP contribution in [0.3, 0.4) is 0 Å². The standard InChI is InChI=1S/C20H20FNO4/c1-3-25-20(24)19-13(2)22(18-9-6-15(23)12-17(18)19)10-11-26-16-7-4-14(21)5-8-16/h4-9,12,23H,3,10-11H2,1-2H3. The van der Waals surface area contributed by atoms with Crippen molar-refractivity contribution in [2.24, 2.45) is 0 Å². The van der Waals surface area contributed by atoms with Crippen molar-refractivity contribution in [3.8, 4) is 11.5 Å². The Morgan fingerprint density at radius 1 is 1.19 bits per heavy atom. The first kappa shape index (κ1) is 17.8. The maximum atomic E-state index is 13.0. The van der Waals surface area contributed by atoms with Gasteiger partial charge in [-0.3, -0.25) is 0 Å². The molecular weight excluding hydrogens is 337 g/mol. The molecule has 0 aliphatic heterocycles. The lowest BCUT2D eigenvalue weighted by Gasteiger charge is -2.10. The lowest BCUT2D eigenvalue weighted by atomic mass is 10.1. The molecule has 0 fully saturated rings. The maximum Gasteiger partial charge on any atom is 0.340 e. The topological polar surface area (TPSA) is 60.7 Å². The molecule has 1 heterocycles. The van der Waals surface area contributed by atoms with E-state index in [0.29, 0.717) is 29.9 Å². The number of aromatic nitrogens is 1. The van der Waals surface area contributed by atoms with Gasteiger partial charge in [0.1, 0.15) is 23.9 Å². The number of carbonyl (C=O) groups is 1. The Labute approximate surface area is 150 Å². The Morgan fingerprint density at radius 3 is 2.62 bits per heavy atom. The van der Waals surface area contributed by atoms with Gasteiger partial charge in [0.25, 0.3) is 0 Å². The van der Waals surface area contributed by atoms with Crippen molar-refractivity contribution in [2.45, 2.75) is 20.4 Å². The number of phenolic OH excluding ortho intramolecular Hbond substituents is 1. The minimum Gasteiger partial charge on any atom is -0.508 e. The molecule has 0 unspecified atom stereocenters. The zero-order valence-electron chi connectivity index (χ0n) is 14.7. The van der Waals surface area contributed by atoms with Crippen LogP contribution in [0.15, 0.2) is 42.5 Å². The summed E-state index contributed by atoms with van der Waals surface area (Å²) in [5, 5.41) is 10.4. The average molecular weight is 357 g/mol. The van der Waals surface area contributed by atoms with E-state index in [4.69, 9.17) is 9.47 Å². The van der Waals surface area contributed by atoms with Crippen LogP contribution in [0.4, 0.5) is 4.39 Å². The van der Waals surface area contributed by atoms with E-state index < -0.39 is 5.97 Å². The number of benzene rings is 2. The lowest BCUT2D eigenvalue weighted by molar-refractivity contribution is 0.0527. The number of halogens is 1. The fourth-order valence-electron chi connectivity index (χ4n) is 3.00. The number of aromatic hydroxyl groups is 1. The van der Waals surface area contributed by atoms with E-state index in [0.717, 1.165) is 11.2 Å². The third-order valence-corrected chi connectivity index (χ3v) is 4.18. The number of ether oxygens (including phenoxy) is 2. The van der Waals surface area contributed by atoms with E-state index in [1.165, 1.54) is 12.1 Å². The number of hydrogen-bond acceptors (Lipinski definition) is 4. The van der Waals surface area contributed by atoms with Crippen LogP contribution in [0.25, 0.3) is 10.9 Å². The summed E-state index contributed by atoms with van der Waals surface area (Å²) >= 11 is 0. The number of nitrogens with zero attached hydrogens (tertiary/aromatic N) is 1. The van der Waals surface area contributed by atoms with Gasteiger partial charge >= 0.3 is 5.97 Å². The van der Waals surface area contributed by atoms with Crippen LogP contribution in [-0.2, 0) is 11.3 Å². The second-order valence-corrected chi connectivity index (χ2v) is 5.84. The summed E-state index contributed by atoms with van der Waals surface area (Å²) in [5.41, 5.74) is 2.00. The largest absolute Gasteiger partial charge is 0.508 e. The van der Waals surface area contributed by atoms with Crippen LogP contribution in [0.2, 0.25) is 0 Å². The Kier molecular flexibility index (Phi) is 5.11. The van der Waals surface area contributed by atoms with Gasteiger partial charge in [-0.15, -0.1) is 0 Å². The Balaban J connectivity index is 1.88. The molecule has 3 aromatic rings. The van der Waals surface area contributed by atoms with Crippen molar-refractivity contribution in [2.75, 3.05) is 13.2 Å². The highest BCUT2D eigenvalue weighted by Crippen LogP contribution is 2.29. The number of hydrogen-bond donors (Lipinski definition) is 1. The summed E-state index contributed by atoms with van der Waals surface area (Å²) in [6, 6.07) is 10.7. The van der Waals surface area contributed by atoms with E-state index in [1.807, 2.05) is 11.5 Å². The van der Waals surface area contributed by atoms with E-state index in [1.54, 1.807) is 37.3 Å². The van der Waals surface area contributed by atoms with Crippen LogP contribution in [0.5, 0.6) is 11.5 Å². The van der Waals surface area contributed by atoms with Crippen LogP contribution in [0, 0.1) is 12.7 Å². The molecule has 1 N–H and O–H groups in total. The predicted molar refractivity (Wildman–Crippen MR) is 96.2 cm³/mol. The maximum absolute atomic E-state index is 13.0. The molecule has 0 saturated carbocycles. The minimum absolute atomic E-state index is 0.0859. The SMILES string of the molecule is CCOC(=O)c1c(C)n(CCOc2ccc(F)cc2)c2ccc(O)cc12. The first-order valence-electron chi connectivity index (χ1n) is 8.38. The highest BCUT2D eigenvalue weighted by Gasteiger charge is 2.21. The van der Waals surface area contributed by atoms with Gasteiger partial charge in [0.05, 0.1) is 18.7 Å². The molecule has 6 heteroatoms. The van der Waals surface area contributed by atoms with Gasteiger partial charge in [0.15, 0.2) is 0 Å². The average Bonchev–Trinajstić information content (AvgIpc) is 2.88. The quantitative estimate of drug-likeness (QED) is 0.676. The van der Waals surface area contributed by atoms with Crippen molar-refractivity contribution >= 4 is 16.9 Å². The van der Waals surface area contributed by atoms with E-state index in [2.05, 4.69) is 0 Å². The molecule has 0 atom stereocenters. The Morgan fingerprint density at radius 2 is 1.92 bits per heavy atom. The fourth-order valence-corrected chi connectivity index (χ4v) is 3.00. The number of carbonyl (C=O) groups excluding carboxylic acids is 1. The fraction of sp³-hybridized carbons (Fsp3) is 0.250. The highest BCUT2D eigenvalue weighted by molar-refractivity contribution is 6.06. The second-order valence-electron chi connectivity index (χ2n) is 5.84. The predicted octanol–water partition coefficient (Wildman–Crippen LogP) is 4.05. The monoisotopic (exact) mass is 357 g/mol. The molecule has 0 radical (unpaired) electrons. The smallest absolute Gasteiger partial charge is 0.340 e. The molecule has 0 spiro atoms. The van der Waals surface area contributed by atoms with Crippen LogP contribution in [0.1, 0.15) is 23.0 Å². The van der Waals surface area contributed by atoms with Crippen LogP contribution in [-0.4, -0.2) is 28.9 Å². The van der Waals surface area contributed by atoms with Crippen molar-refractivity contribution < 1.29 is 23.8 Å². The van der Waals surface area contributed by atoms with Gasteiger partial charge in [-0.05, 0) is 56.3 Å². The van der Waals surface area contributed by atoms with Crippen molar-refractivity contribution in [1.29, 1.82) is 0 Å². The molecule has 3 rings (SSSR count). The number of rotatable bonds is 6. The third-order valence-electron chi connectivity index (χ3n) is 4.18. The molecule has 0 aliphatic rings. The molecule has 0 amide bonds. The molecule has 136 valence electrons. The first-order valence-corrected chi connectivity index (χ1v) is 8.38. The first-order chi connectivity index (χ1) is 12.5. The van der Waals surface area contributed by atoms with E-state index in [-0.39, 0.29) is 18.2 Å². The molecule has 5 nitrogen and oxygen atoms in total. The Hall–Kier alpha value is -3.02. The molecule has 26 heavy (non-hydrogen) atoms. The molecule has 0 saturated heterocycles. The number of phenols is 1. The minimum atomic E-state index is -0.418. The van der Waals surface area contributed by atoms with Crippen molar-refractivity contribution in [3.05, 3.63) is 59.5 Å². The molecular formula is C20H20FNO4. The summed E-state index contributed by atoms with van der Waals surface area (Å²) in [5.74, 6) is -0.0752. The van der Waals surface area contributed by atoms with Gasteiger partial charge in [0.2, 0.25) is 0 Å². The van der Waals surface area contributed by atoms with Crippen LogP contribution >= 0.6 is 0 Å². The summed E-state index contributed by atoms with van der Waals surface area (Å²) in [6.07, 6.45) is 0. The van der Waals surface area contributed by atoms with E-state index >= 15 is 0 Å². The number of esters is 1. The molecule has 1 aromatic heterocycles. The summed E-state index contributed by atoms with van der Waals surface area (Å²) < 4.78 is 25.7. The Bertz CT molecular complexity index is 931. The van der Waals surface area contributed by atoms with Gasteiger partial charge in [0, 0.05) is 16.6 Å². The van der Waals surface area contributed by atoms with Gasteiger partial charge in [-0.2, -0.15) is 0 Å². The van der Waals surface area contributed by atoms with Crippen molar-refractivity contribution in [1.82, 2.24) is 4.57 Å². The van der Waals surface area contributed by atoms with Gasteiger partial charge < -0.3 is 19.1 Å². The zero-order chi connectivity index (χ0) is 18.7. The van der Waals surface area contributed by atoms with E-state index in [9.17, 15) is 14.3 Å². The summed E-state index contributed by atoms with van der Waals surface area (Å²) in [4.78, 5) is 12.3. The molecule has 0 aliphatic carbocycles. The second kappa shape index (κ2) is 7.47. The molecule has 0 bridgehead atoms. The third kappa shape index (κ3) is 3.49. The molecule has 2 aromatic carbocycles. The lowest BCUT2D eigenvalue weighted by Crippen LogP contribution is -2.11. The van der Waals surface area contributed by atoms with Crippen molar-refractivity contribution in [3.63, 3.8) is 0 Å².